The first kappa shape index (κ1) is 16.7. The molecule has 1 aromatic carbocycles. The molecule has 7 heteroatoms. The van der Waals surface area contributed by atoms with Gasteiger partial charge in [-0.05, 0) is 37.3 Å². The van der Waals surface area contributed by atoms with E-state index < -0.39 is 0 Å². The van der Waals surface area contributed by atoms with E-state index in [2.05, 4.69) is 22.0 Å². The molecule has 0 unspecified atom stereocenters. The summed E-state index contributed by atoms with van der Waals surface area (Å²) in [6.07, 6.45) is 9.36. The molecule has 0 saturated heterocycles. The SMILES string of the molecule is CCc1nn2cc(-c3nc4ccc(OCC5CCCCC5)cc4o3)nc2s1. The normalized spacial score (nSPS) is 15.7. The van der Waals surface area contributed by atoms with E-state index in [0.717, 1.165) is 39.8 Å². The van der Waals surface area contributed by atoms with Crippen LogP contribution in [-0.2, 0) is 6.42 Å². The molecule has 0 atom stereocenters. The number of ether oxygens (including phenoxy) is 1. The number of benzene rings is 1. The van der Waals surface area contributed by atoms with Gasteiger partial charge in [-0.15, -0.1) is 0 Å². The Morgan fingerprint density at radius 2 is 2.11 bits per heavy atom. The fraction of sp³-hybridized carbons (Fsp3) is 0.450. The van der Waals surface area contributed by atoms with Gasteiger partial charge in [0.2, 0.25) is 10.9 Å². The smallest absolute Gasteiger partial charge is 0.247 e. The highest BCUT2D eigenvalue weighted by molar-refractivity contribution is 7.16. The van der Waals surface area contributed by atoms with Crippen LogP contribution in [0.2, 0.25) is 0 Å². The van der Waals surface area contributed by atoms with E-state index in [1.165, 1.54) is 32.1 Å². The molecule has 1 aliphatic carbocycles. The Balaban J connectivity index is 1.36. The zero-order valence-electron chi connectivity index (χ0n) is 15.4. The van der Waals surface area contributed by atoms with E-state index in [0.29, 0.717) is 17.5 Å². The van der Waals surface area contributed by atoms with Crippen LogP contribution in [0.3, 0.4) is 0 Å². The van der Waals surface area contributed by atoms with Gasteiger partial charge in [0.1, 0.15) is 22.0 Å². The van der Waals surface area contributed by atoms with Crippen LogP contribution in [0.5, 0.6) is 5.75 Å². The van der Waals surface area contributed by atoms with E-state index in [1.807, 2.05) is 24.4 Å². The van der Waals surface area contributed by atoms with E-state index in [4.69, 9.17) is 9.15 Å². The Morgan fingerprint density at radius 1 is 1.22 bits per heavy atom. The Bertz CT molecular complexity index is 1040. The molecule has 3 aromatic heterocycles. The van der Waals surface area contributed by atoms with Crippen LogP contribution in [0.25, 0.3) is 27.6 Å². The fourth-order valence-electron chi connectivity index (χ4n) is 3.66. The zero-order chi connectivity index (χ0) is 18.2. The highest BCUT2D eigenvalue weighted by atomic mass is 32.1. The predicted molar refractivity (Wildman–Crippen MR) is 105 cm³/mol. The van der Waals surface area contributed by atoms with Crippen molar-refractivity contribution in [3.05, 3.63) is 29.4 Å². The highest BCUT2D eigenvalue weighted by Gasteiger charge is 2.16. The fourth-order valence-corrected chi connectivity index (χ4v) is 4.47. The predicted octanol–water partition coefficient (Wildman–Crippen LogP) is 5.12. The minimum atomic E-state index is 0.519. The van der Waals surface area contributed by atoms with Gasteiger partial charge >= 0.3 is 0 Å². The minimum Gasteiger partial charge on any atom is -0.493 e. The van der Waals surface area contributed by atoms with Crippen molar-refractivity contribution in [2.45, 2.75) is 45.4 Å². The van der Waals surface area contributed by atoms with Gasteiger partial charge in [0.25, 0.3) is 0 Å². The maximum absolute atomic E-state index is 6.01. The molecule has 0 radical (unpaired) electrons. The second kappa shape index (κ2) is 6.96. The van der Waals surface area contributed by atoms with Crippen molar-refractivity contribution in [3.63, 3.8) is 0 Å². The van der Waals surface area contributed by atoms with Crippen molar-refractivity contribution in [2.75, 3.05) is 6.61 Å². The maximum atomic E-state index is 6.01. The zero-order valence-corrected chi connectivity index (χ0v) is 16.2. The summed E-state index contributed by atoms with van der Waals surface area (Å²) >= 11 is 1.59. The van der Waals surface area contributed by atoms with Gasteiger partial charge in [0, 0.05) is 6.07 Å². The molecule has 6 nitrogen and oxygen atoms in total. The average molecular weight is 382 g/mol. The monoisotopic (exact) mass is 382 g/mol. The summed E-state index contributed by atoms with van der Waals surface area (Å²) in [4.78, 5) is 10.0. The molecule has 1 fully saturated rings. The summed E-state index contributed by atoms with van der Waals surface area (Å²) in [5.41, 5.74) is 2.25. The van der Waals surface area contributed by atoms with Gasteiger partial charge in [-0.25, -0.2) is 14.5 Å². The van der Waals surface area contributed by atoms with Crippen molar-refractivity contribution in [1.29, 1.82) is 0 Å². The van der Waals surface area contributed by atoms with E-state index in [1.54, 1.807) is 15.9 Å². The number of oxazole rings is 1. The minimum absolute atomic E-state index is 0.519. The van der Waals surface area contributed by atoms with Gasteiger partial charge < -0.3 is 9.15 Å². The Hall–Kier alpha value is -2.41. The van der Waals surface area contributed by atoms with Crippen LogP contribution in [0.15, 0.2) is 28.8 Å². The van der Waals surface area contributed by atoms with Crippen LogP contribution >= 0.6 is 11.3 Å². The van der Waals surface area contributed by atoms with E-state index in [9.17, 15) is 0 Å². The van der Waals surface area contributed by atoms with Crippen molar-refractivity contribution >= 4 is 27.4 Å². The second-order valence-corrected chi connectivity index (χ2v) is 8.21. The van der Waals surface area contributed by atoms with Crippen LogP contribution in [0.4, 0.5) is 0 Å². The number of fused-ring (bicyclic) bond motifs is 2. The average Bonchev–Trinajstić information content (AvgIpc) is 3.38. The summed E-state index contributed by atoms with van der Waals surface area (Å²) in [5.74, 6) is 2.04. The maximum Gasteiger partial charge on any atom is 0.247 e. The van der Waals surface area contributed by atoms with Crippen molar-refractivity contribution in [1.82, 2.24) is 19.6 Å². The molecule has 27 heavy (non-hydrogen) atoms. The van der Waals surface area contributed by atoms with Crippen LogP contribution in [0.1, 0.15) is 44.0 Å². The molecule has 0 amide bonds. The van der Waals surface area contributed by atoms with Crippen molar-refractivity contribution in [2.24, 2.45) is 5.92 Å². The Labute approximate surface area is 161 Å². The molecule has 1 saturated carbocycles. The number of aromatic nitrogens is 4. The third-order valence-corrected chi connectivity index (χ3v) is 6.24. The van der Waals surface area contributed by atoms with Gasteiger partial charge in [-0.1, -0.05) is 37.5 Å². The van der Waals surface area contributed by atoms with Gasteiger partial charge in [0.15, 0.2) is 5.58 Å². The summed E-state index contributed by atoms with van der Waals surface area (Å²) < 4.78 is 13.8. The lowest BCUT2D eigenvalue weighted by molar-refractivity contribution is 0.209. The lowest BCUT2D eigenvalue weighted by atomic mass is 9.90. The Morgan fingerprint density at radius 3 is 2.93 bits per heavy atom. The first-order valence-corrected chi connectivity index (χ1v) is 10.5. The third-order valence-electron chi connectivity index (χ3n) is 5.18. The molecule has 3 heterocycles. The molecule has 140 valence electrons. The molecular formula is C20H22N4O2S. The largest absolute Gasteiger partial charge is 0.493 e. The highest BCUT2D eigenvalue weighted by Crippen LogP contribution is 2.29. The number of rotatable bonds is 5. The van der Waals surface area contributed by atoms with Crippen molar-refractivity contribution < 1.29 is 9.15 Å². The Kier molecular flexibility index (Phi) is 4.32. The summed E-state index contributed by atoms with van der Waals surface area (Å²) in [7, 11) is 0. The molecule has 0 N–H and O–H groups in total. The molecule has 0 bridgehead atoms. The van der Waals surface area contributed by atoms with Crippen LogP contribution < -0.4 is 4.74 Å². The number of nitrogens with zero attached hydrogens (tertiary/aromatic N) is 4. The number of imidazole rings is 1. The molecule has 1 aliphatic rings. The third kappa shape index (κ3) is 3.32. The molecule has 5 rings (SSSR count). The lowest BCUT2D eigenvalue weighted by Gasteiger charge is -2.21. The topological polar surface area (TPSA) is 65.5 Å². The summed E-state index contributed by atoms with van der Waals surface area (Å²) in [6, 6.07) is 5.85. The molecule has 4 aromatic rings. The first-order chi connectivity index (χ1) is 13.3. The summed E-state index contributed by atoms with van der Waals surface area (Å²) in [6.45, 7) is 2.88. The summed E-state index contributed by atoms with van der Waals surface area (Å²) in [5, 5.41) is 5.57. The molecule has 0 spiro atoms. The molecule has 0 aliphatic heterocycles. The van der Waals surface area contributed by atoms with Gasteiger partial charge in [-0.3, -0.25) is 0 Å². The van der Waals surface area contributed by atoms with Crippen LogP contribution in [0, 0.1) is 5.92 Å². The van der Waals surface area contributed by atoms with E-state index in [-0.39, 0.29) is 0 Å². The first-order valence-electron chi connectivity index (χ1n) is 9.67. The second-order valence-electron chi connectivity index (χ2n) is 7.17. The standard InChI is InChI=1S/C20H22N4O2S/c1-2-18-23-24-11-16(22-20(24)27-18)19-21-15-9-8-14(10-17(15)26-19)25-12-13-6-4-3-5-7-13/h8-11,13H,2-7,12H2,1H3. The number of hydrogen-bond acceptors (Lipinski definition) is 6. The number of aryl methyl sites for hydroxylation is 1. The lowest BCUT2D eigenvalue weighted by Crippen LogP contribution is -2.15. The van der Waals surface area contributed by atoms with Crippen LogP contribution in [-0.4, -0.2) is 26.2 Å². The van der Waals surface area contributed by atoms with Gasteiger partial charge in [0.05, 0.1) is 12.8 Å². The van der Waals surface area contributed by atoms with Gasteiger partial charge in [-0.2, -0.15) is 5.10 Å². The quantitative estimate of drug-likeness (QED) is 0.479. The van der Waals surface area contributed by atoms with Crippen molar-refractivity contribution in [3.8, 4) is 17.3 Å². The number of hydrogen-bond donors (Lipinski definition) is 0. The molecular weight excluding hydrogens is 360 g/mol. The van der Waals surface area contributed by atoms with E-state index >= 15 is 0 Å².